The normalized spacial score (nSPS) is 16.2. The lowest BCUT2D eigenvalue weighted by molar-refractivity contribution is 0.176. The first-order valence-corrected chi connectivity index (χ1v) is 10.2. The van der Waals surface area contributed by atoms with Crippen molar-refractivity contribution in [3.63, 3.8) is 0 Å². The minimum atomic E-state index is -0.152. The molecule has 2 amide bonds. The third-order valence-corrected chi connectivity index (χ3v) is 5.28. The zero-order valence-corrected chi connectivity index (χ0v) is 16.7. The number of likely N-dealkylation sites (tertiary alicyclic amines) is 1. The number of benzene rings is 1. The molecule has 152 valence electrons. The van der Waals surface area contributed by atoms with Gasteiger partial charge in [0.25, 0.3) is 0 Å². The molecule has 1 saturated heterocycles. The number of rotatable bonds is 8. The number of para-hydroxylation sites is 1. The second-order valence-electron chi connectivity index (χ2n) is 7.18. The molecule has 0 saturated carbocycles. The molecule has 2 heterocycles. The summed E-state index contributed by atoms with van der Waals surface area (Å²) in [5.74, 6) is 1.76. The van der Waals surface area contributed by atoms with E-state index in [1.54, 1.807) is 13.4 Å². The number of methoxy groups -OCH3 is 1. The summed E-state index contributed by atoms with van der Waals surface area (Å²) in [6.45, 7) is 3.18. The summed E-state index contributed by atoms with van der Waals surface area (Å²) in [5, 5.41) is 5.96. The van der Waals surface area contributed by atoms with Crippen molar-refractivity contribution >= 4 is 6.03 Å². The molecule has 3 rings (SSSR count). The number of hydrogen-bond donors (Lipinski definition) is 2. The maximum Gasteiger partial charge on any atom is 0.314 e. The summed E-state index contributed by atoms with van der Waals surface area (Å²) in [6.07, 6.45) is 7.37. The van der Waals surface area contributed by atoms with Crippen LogP contribution >= 0.6 is 0 Å². The molecule has 0 aliphatic carbocycles. The number of nitrogens with zero attached hydrogens (tertiary/aromatic N) is 1. The van der Waals surface area contributed by atoms with Crippen LogP contribution in [0.1, 0.15) is 43.0 Å². The molecule has 2 aromatic rings. The van der Waals surface area contributed by atoms with Gasteiger partial charge < -0.3 is 19.8 Å². The van der Waals surface area contributed by atoms with Gasteiger partial charge in [0.2, 0.25) is 0 Å². The van der Waals surface area contributed by atoms with Crippen molar-refractivity contribution in [3.8, 4) is 5.75 Å². The van der Waals surface area contributed by atoms with E-state index in [-0.39, 0.29) is 12.1 Å². The van der Waals surface area contributed by atoms with Gasteiger partial charge in [0, 0.05) is 13.1 Å². The number of urea groups is 1. The summed E-state index contributed by atoms with van der Waals surface area (Å²) in [4.78, 5) is 14.7. The number of ether oxygens (including phenoxy) is 1. The number of hydrogen-bond acceptors (Lipinski definition) is 4. The average Bonchev–Trinajstić information content (AvgIpc) is 3.11. The molecule has 0 spiro atoms. The minimum Gasteiger partial charge on any atom is -0.496 e. The van der Waals surface area contributed by atoms with Crippen LogP contribution in [0.3, 0.4) is 0 Å². The highest BCUT2D eigenvalue weighted by Gasteiger charge is 2.24. The number of carbonyl (C=O) groups is 1. The fraction of sp³-hybridized carbons (Fsp3) is 0.500. The van der Waals surface area contributed by atoms with Crippen LogP contribution in [0.2, 0.25) is 0 Å². The predicted octanol–water partition coefficient (Wildman–Crippen LogP) is 3.75. The number of furan rings is 1. The van der Waals surface area contributed by atoms with Crippen molar-refractivity contribution < 1.29 is 13.9 Å². The molecule has 2 N–H and O–H groups in total. The van der Waals surface area contributed by atoms with Crippen molar-refractivity contribution in [2.75, 3.05) is 33.3 Å². The number of carbonyl (C=O) groups excluding carboxylic acids is 1. The second-order valence-corrected chi connectivity index (χ2v) is 7.18. The molecule has 6 heteroatoms. The first kappa shape index (κ1) is 20.3. The van der Waals surface area contributed by atoms with Crippen molar-refractivity contribution in [1.82, 2.24) is 15.5 Å². The molecular weight excluding hydrogens is 354 g/mol. The molecule has 1 atom stereocenters. The van der Waals surface area contributed by atoms with Crippen LogP contribution in [0.25, 0.3) is 0 Å². The van der Waals surface area contributed by atoms with Gasteiger partial charge in [-0.05, 0) is 56.1 Å². The van der Waals surface area contributed by atoms with Gasteiger partial charge in [-0.3, -0.25) is 4.90 Å². The van der Waals surface area contributed by atoms with Crippen molar-refractivity contribution in [2.45, 2.75) is 38.1 Å². The Kier molecular flexibility index (Phi) is 7.79. The summed E-state index contributed by atoms with van der Waals surface area (Å²) in [5.41, 5.74) is 1.09. The Morgan fingerprint density at radius 1 is 1.11 bits per heavy atom. The fourth-order valence-electron chi connectivity index (χ4n) is 3.77. The highest BCUT2D eigenvalue weighted by molar-refractivity contribution is 5.73. The largest absolute Gasteiger partial charge is 0.496 e. The topological polar surface area (TPSA) is 66.7 Å². The summed E-state index contributed by atoms with van der Waals surface area (Å²) in [7, 11) is 1.66. The molecule has 1 aromatic carbocycles. The van der Waals surface area contributed by atoms with E-state index in [0.717, 1.165) is 36.6 Å². The maximum absolute atomic E-state index is 12.3. The lowest BCUT2D eigenvalue weighted by Gasteiger charge is -2.29. The summed E-state index contributed by atoms with van der Waals surface area (Å²) in [6, 6.07) is 11.7. The van der Waals surface area contributed by atoms with Gasteiger partial charge in [0.1, 0.15) is 11.5 Å². The van der Waals surface area contributed by atoms with E-state index in [4.69, 9.17) is 9.15 Å². The third kappa shape index (κ3) is 5.76. The molecule has 0 radical (unpaired) electrons. The molecule has 0 bridgehead atoms. The van der Waals surface area contributed by atoms with E-state index in [9.17, 15) is 4.79 Å². The lowest BCUT2D eigenvalue weighted by Crippen LogP contribution is -2.43. The SMILES string of the molecule is COc1ccccc1CCNC(=O)NCC(c1ccco1)N1CCCCCC1. The molecule has 6 nitrogen and oxygen atoms in total. The van der Waals surface area contributed by atoms with Crippen molar-refractivity contribution in [3.05, 3.63) is 54.0 Å². The summed E-state index contributed by atoms with van der Waals surface area (Å²) >= 11 is 0. The van der Waals surface area contributed by atoms with Gasteiger partial charge in [0.15, 0.2) is 0 Å². The van der Waals surface area contributed by atoms with Crippen LogP contribution in [0.4, 0.5) is 4.79 Å². The fourth-order valence-corrected chi connectivity index (χ4v) is 3.77. The number of amides is 2. The quantitative estimate of drug-likeness (QED) is 0.726. The Morgan fingerprint density at radius 2 is 1.89 bits per heavy atom. The third-order valence-electron chi connectivity index (χ3n) is 5.28. The first-order valence-electron chi connectivity index (χ1n) is 10.2. The maximum atomic E-state index is 12.3. The van der Waals surface area contributed by atoms with Crippen molar-refractivity contribution in [1.29, 1.82) is 0 Å². The molecule has 1 aromatic heterocycles. The Labute approximate surface area is 167 Å². The first-order chi connectivity index (χ1) is 13.8. The van der Waals surface area contributed by atoms with Gasteiger partial charge in [-0.1, -0.05) is 31.0 Å². The van der Waals surface area contributed by atoms with Gasteiger partial charge in [-0.25, -0.2) is 4.79 Å². The van der Waals surface area contributed by atoms with Crippen LogP contribution in [0.15, 0.2) is 47.1 Å². The molecule has 28 heavy (non-hydrogen) atoms. The zero-order chi connectivity index (χ0) is 19.6. The lowest BCUT2D eigenvalue weighted by atomic mass is 10.1. The summed E-state index contributed by atoms with van der Waals surface area (Å²) < 4.78 is 11.0. The second kappa shape index (κ2) is 10.8. The van der Waals surface area contributed by atoms with E-state index >= 15 is 0 Å². The predicted molar refractivity (Wildman–Crippen MR) is 110 cm³/mol. The smallest absolute Gasteiger partial charge is 0.314 e. The molecule has 1 aliphatic rings. The van der Waals surface area contributed by atoms with E-state index < -0.39 is 0 Å². The Morgan fingerprint density at radius 3 is 2.61 bits per heavy atom. The van der Waals surface area contributed by atoms with Crippen LogP contribution in [-0.2, 0) is 6.42 Å². The number of nitrogens with one attached hydrogen (secondary N) is 2. The standard InChI is InChI=1S/C22H31N3O3/c1-27-20-10-5-4-9-18(20)12-13-23-22(26)24-17-19(21-11-8-16-28-21)25-14-6-2-3-7-15-25/h4-5,8-11,16,19H,2-3,6-7,12-15,17H2,1H3,(H2,23,24,26). The average molecular weight is 386 g/mol. The van der Waals surface area contributed by atoms with Gasteiger partial charge in [-0.15, -0.1) is 0 Å². The Balaban J connectivity index is 1.49. The Hall–Kier alpha value is -2.47. The highest BCUT2D eigenvalue weighted by Crippen LogP contribution is 2.24. The Bertz CT molecular complexity index is 710. The van der Waals surface area contributed by atoms with Gasteiger partial charge in [-0.2, -0.15) is 0 Å². The van der Waals surface area contributed by atoms with Gasteiger partial charge >= 0.3 is 6.03 Å². The van der Waals surface area contributed by atoms with E-state index in [1.165, 1.54) is 25.7 Å². The van der Waals surface area contributed by atoms with E-state index in [2.05, 4.69) is 15.5 Å². The van der Waals surface area contributed by atoms with Crippen LogP contribution in [0.5, 0.6) is 5.75 Å². The monoisotopic (exact) mass is 385 g/mol. The van der Waals surface area contributed by atoms with Crippen LogP contribution in [0, 0.1) is 0 Å². The van der Waals surface area contributed by atoms with Crippen LogP contribution in [-0.4, -0.2) is 44.2 Å². The van der Waals surface area contributed by atoms with Crippen molar-refractivity contribution in [2.24, 2.45) is 0 Å². The molecule has 1 fully saturated rings. The van der Waals surface area contributed by atoms with E-state index in [0.29, 0.717) is 13.1 Å². The van der Waals surface area contributed by atoms with Gasteiger partial charge in [0.05, 0.1) is 19.4 Å². The highest BCUT2D eigenvalue weighted by atomic mass is 16.5. The minimum absolute atomic E-state index is 0.0769. The van der Waals surface area contributed by atoms with E-state index in [1.807, 2.05) is 36.4 Å². The van der Waals surface area contributed by atoms with Crippen LogP contribution < -0.4 is 15.4 Å². The molecule has 1 unspecified atom stereocenters. The molecule has 1 aliphatic heterocycles. The molecular formula is C22H31N3O3. The zero-order valence-electron chi connectivity index (χ0n) is 16.7.